The summed E-state index contributed by atoms with van der Waals surface area (Å²) >= 11 is 4.96. The van der Waals surface area contributed by atoms with E-state index in [2.05, 4.69) is 60.2 Å². The molecule has 0 aliphatic heterocycles. The average molecular weight is 385 g/mol. The Labute approximate surface area is 140 Å². The molecule has 0 atom stereocenters. The number of unbranched alkanes of at least 4 members (excludes halogenated alkanes) is 1. The zero-order chi connectivity index (χ0) is 15.2. The Hall–Kier alpha value is -0.231. The number of nitrogens with one attached hydrogen (secondary N) is 1. The van der Waals surface area contributed by atoms with Crippen LogP contribution in [-0.2, 0) is 25.4 Å². The van der Waals surface area contributed by atoms with Crippen molar-refractivity contribution in [2.75, 3.05) is 6.54 Å². The Morgan fingerprint density at radius 1 is 1.50 bits per heavy atom. The van der Waals surface area contributed by atoms with E-state index in [1.54, 1.807) is 6.20 Å². The third kappa shape index (κ3) is 10.5. The average Bonchev–Trinajstić information content (AvgIpc) is 2.47. The molecular weight excluding hydrogens is 367 g/mol. The molecule has 1 aromatic rings. The van der Waals surface area contributed by atoms with Crippen LogP contribution < -0.4 is 5.32 Å². The van der Waals surface area contributed by atoms with Crippen molar-refractivity contribution in [1.82, 2.24) is 10.3 Å². The zero-order valence-corrected chi connectivity index (χ0v) is 14.6. The van der Waals surface area contributed by atoms with E-state index in [4.69, 9.17) is 0 Å². The van der Waals surface area contributed by atoms with Crippen LogP contribution in [-0.4, -0.2) is 22.4 Å². The number of pyridine rings is 1. The van der Waals surface area contributed by atoms with E-state index < -0.39 is 0 Å². The molecule has 0 spiro atoms. The molecule has 0 unspecified atom stereocenters. The van der Waals surface area contributed by atoms with Crippen molar-refractivity contribution < 1.29 is 13.1 Å². The second kappa shape index (κ2) is 13.7. The van der Waals surface area contributed by atoms with Crippen LogP contribution >= 0.6 is 20.2 Å². The van der Waals surface area contributed by atoms with Gasteiger partial charge in [-0.3, -0.25) is 10.3 Å². The molecule has 1 rings (SSSR count). The first-order chi connectivity index (χ1) is 9.65. The van der Waals surface area contributed by atoms with Crippen LogP contribution in [0.1, 0.15) is 32.4 Å². The van der Waals surface area contributed by atoms with Crippen LogP contribution in [0.25, 0.3) is 5.43 Å². The molecule has 0 aliphatic rings. The minimum atomic E-state index is 0.536. The molecule has 8 heteroatoms. The van der Waals surface area contributed by atoms with Crippen LogP contribution in [0.3, 0.4) is 0 Å². The Morgan fingerprint density at radius 2 is 2.20 bits per heavy atom. The molecule has 1 N–H and O–H groups in total. The Balaban J connectivity index is 0.00000110. The van der Waals surface area contributed by atoms with Gasteiger partial charge in [0.05, 0.1) is 5.69 Å². The summed E-state index contributed by atoms with van der Waals surface area (Å²) < 4.78 is 0. The van der Waals surface area contributed by atoms with Gasteiger partial charge in [-0.25, -0.2) is 0 Å². The molecule has 0 aromatic carbocycles. The van der Waals surface area contributed by atoms with Crippen molar-refractivity contribution in [3.8, 4) is 0 Å². The molecule has 0 radical (unpaired) electrons. The number of thiol groups is 1. The monoisotopic (exact) mass is 383 g/mol. The summed E-state index contributed by atoms with van der Waals surface area (Å²) in [5.74, 6) is 0. The van der Waals surface area contributed by atoms with Gasteiger partial charge in [0.25, 0.3) is 0 Å². The number of rotatable bonds is 5. The second-order valence-corrected chi connectivity index (χ2v) is 5.63. The van der Waals surface area contributed by atoms with Crippen molar-refractivity contribution in [2.45, 2.75) is 26.7 Å². The third-order valence-electron chi connectivity index (χ3n) is 2.14. The summed E-state index contributed by atoms with van der Waals surface area (Å²) in [6, 6.07) is 5.69. The number of nitrogens with zero attached hydrogens (tertiary/aromatic N) is 3. The molecule has 0 fully saturated rings. The van der Waals surface area contributed by atoms with Crippen molar-refractivity contribution in [3.63, 3.8) is 0 Å². The van der Waals surface area contributed by atoms with Crippen LogP contribution in [0.2, 0.25) is 0 Å². The Kier molecular flexibility index (Phi) is 13.6. The molecule has 1 heterocycles. The van der Waals surface area contributed by atoms with Crippen LogP contribution in [0.15, 0.2) is 29.5 Å². The van der Waals surface area contributed by atoms with Crippen molar-refractivity contribution in [2.24, 2.45) is 5.10 Å². The molecule has 1 aromatic heterocycles. The SMILES string of the molecule is CCCCNC(=[SH+])[N-]N=C(C)c1ccccn1.[Cl][Cu][Cl]. The van der Waals surface area contributed by atoms with E-state index in [0.717, 1.165) is 43.9 Å². The summed E-state index contributed by atoms with van der Waals surface area (Å²) in [5.41, 5.74) is 5.59. The van der Waals surface area contributed by atoms with Crippen LogP contribution in [0.4, 0.5) is 0 Å². The number of hydrogen-bond acceptors (Lipinski definition) is 2. The molecule has 0 aliphatic carbocycles. The summed E-state index contributed by atoms with van der Waals surface area (Å²) in [7, 11) is 9.34. The van der Waals surface area contributed by atoms with Gasteiger partial charge < -0.3 is 10.5 Å². The van der Waals surface area contributed by atoms with E-state index in [-0.39, 0.29) is 0 Å². The van der Waals surface area contributed by atoms with Crippen LogP contribution in [0, 0.1) is 0 Å². The van der Waals surface area contributed by atoms with Gasteiger partial charge in [0.1, 0.15) is 0 Å². The summed E-state index contributed by atoms with van der Waals surface area (Å²) in [5, 5.41) is 7.69. The second-order valence-electron chi connectivity index (χ2n) is 3.65. The van der Waals surface area contributed by atoms with E-state index >= 15 is 0 Å². The minimum absolute atomic E-state index is 0.536. The molecule has 0 saturated carbocycles. The van der Waals surface area contributed by atoms with Gasteiger partial charge in [-0.2, -0.15) is 0 Å². The molecule has 0 bridgehead atoms. The zero-order valence-electron chi connectivity index (χ0n) is 11.3. The number of hydrogen-bond donors (Lipinski definition) is 1. The number of aromatic nitrogens is 1. The number of halogens is 2. The van der Waals surface area contributed by atoms with E-state index in [1.807, 2.05) is 25.1 Å². The fourth-order valence-electron chi connectivity index (χ4n) is 1.16. The van der Waals surface area contributed by atoms with E-state index in [0.29, 0.717) is 5.11 Å². The first-order valence-electron chi connectivity index (χ1n) is 5.93. The predicted octanol–water partition coefficient (Wildman–Crippen LogP) is 3.31. The van der Waals surface area contributed by atoms with Crippen LogP contribution in [0.5, 0.6) is 0 Å². The summed E-state index contributed by atoms with van der Waals surface area (Å²) in [6.07, 6.45) is 3.98. The normalized spacial score (nSPS) is 10.7. The Bertz CT molecular complexity index is 404. The maximum atomic E-state index is 4.67. The topological polar surface area (TPSA) is 51.4 Å². The molecule has 0 amide bonds. The summed E-state index contributed by atoms with van der Waals surface area (Å²) in [4.78, 5) is 4.19. The Morgan fingerprint density at radius 3 is 2.75 bits per heavy atom. The first kappa shape index (κ1) is 19.8. The van der Waals surface area contributed by atoms with Gasteiger partial charge in [-0.1, -0.05) is 19.4 Å². The summed E-state index contributed by atoms with van der Waals surface area (Å²) in [6.45, 7) is 4.89. The van der Waals surface area contributed by atoms with E-state index in [9.17, 15) is 0 Å². The molecule has 0 saturated heterocycles. The molecule has 117 valence electrons. The third-order valence-corrected chi connectivity index (χ3v) is 2.39. The van der Waals surface area contributed by atoms with Gasteiger partial charge in [0.2, 0.25) is 0 Å². The molecule has 4 nitrogen and oxygen atoms in total. The van der Waals surface area contributed by atoms with Crippen molar-refractivity contribution in [1.29, 1.82) is 0 Å². The maximum absolute atomic E-state index is 4.67. The van der Waals surface area contributed by atoms with Crippen molar-refractivity contribution >= 4 is 43.2 Å². The van der Waals surface area contributed by atoms with Gasteiger partial charge >= 0.3 is 33.3 Å². The van der Waals surface area contributed by atoms with Gasteiger partial charge in [0.15, 0.2) is 17.3 Å². The van der Waals surface area contributed by atoms with Gasteiger partial charge in [0, 0.05) is 18.5 Å². The fourth-order valence-corrected chi connectivity index (χ4v) is 1.32. The molecule has 20 heavy (non-hydrogen) atoms. The fraction of sp³-hybridized carbons (Fsp3) is 0.417. The standard InChI is InChI=1S/C12H18N4S.2ClH.Cu/c1-3-4-8-14-12(17)16-15-10(2)11-7-5-6-9-13-11;;;/h5-7,9H,3-4,8H2,1-2H3,(H2,13,14,16,17);2*1H;/q;;;+2/p-2. The molecular formula is C12H18Cl2CuN4S. The van der Waals surface area contributed by atoms with Gasteiger partial charge in [-0.05, 0) is 25.5 Å². The predicted molar refractivity (Wildman–Crippen MR) is 88.2 cm³/mol. The van der Waals surface area contributed by atoms with Gasteiger partial charge in [-0.15, -0.1) is 0 Å². The van der Waals surface area contributed by atoms with Crippen molar-refractivity contribution in [3.05, 3.63) is 35.5 Å². The van der Waals surface area contributed by atoms with E-state index in [1.165, 1.54) is 0 Å². The first-order valence-corrected chi connectivity index (χ1v) is 8.97. The quantitative estimate of drug-likeness (QED) is 0.161.